The van der Waals surface area contributed by atoms with Gasteiger partial charge in [0.25, 0.3) is 5.56 Å². The van der Waals surface area contributed by atoms with Crippen molar-refractivity contribution >= 4 is 46.0 Å². The van der Waals surface area contributed by atoms with E-state index < -0.39 is 0 Å². The molecule has 0 bridgehead atoms. The molecule has 2 aromatic heterocycles. The van der Waals surface area contributed by atoms with Gasteiger partial charge in [-0.15, -0.1) is 11.8 Å². The number of hydrogen-bond acceptors (Lipinski definition) is 6. The second-order valence-corrected chi connectivity index (χ2v) is 12.9. The highest BCUT2D eigenvalue weighted by Gasteiger charge is 2.45. The number of fused-ring (bicyclic) bond motifs is 1. The van der Waals surface area contributed by atoms with Crippen molar-refractivity contribution in [2.24, 2.45) is 5.41 Å². The van der Waals surface area contributed by atoms with E-state index in [0.29, 0.717) is 28.3 Å². The molecule has 0 unspecified atom stereocenters. The second kappa shape index (κ2) is 9.99. The molecular weight excluding hydrogens is 490 g/mol. The Kier molecular flexibility index (Phi) is 7.09. The van der Waals surface area contributed by atoms with Crippen molar-refractivity contribution in [1.29, 1.82) is 0 Å². The molecule has 1 aliphatic carbocycles. The van der Waals surface area contributed by atoms with Gasteiger partial charge in [-0.1, -0.05) is 11.6 Å². The summed E-state index contributed by atoms with van der Waals surface area (Å²) in [6.07, 6.45) is 7.05. The molecule has 192 valence electrons. The van der Waals surface area contributed by atoms with E-state index in [-0.39, 0.29) is 16.6 Å². The van der Waals surface area contributed by atoms with Crippen LogP contribution in [0.3, 0.4) is 0 Å². The lowest BCUT2D eigenvalue weighted by atomic mass is 9.68. The number of nitrogens with one attached hydrogen (secondary N) is 1. The standard InChI is InChI=1S/C28H36ClN5OS/c1-17(2)33-15-28(16-33)10-8-21(9-11-28)36-22-6-7-24(19(5)12-22)31-27-30-14-20-13-23(29)26(35)34(18(3)4)25(20)32-27/h6-7,12-14,17-18,21H,8-11,15-16H2,1-5H3,(H,30,31,32). The Morgan fingerprint density at radius 1 is 1.11 bits per heavy atom. The summed E-state index contributed by atoms with van der Waals surface area (Å²) in [5, 5.41) is 4.98. The minimum atomic E-state index is -0.232. The number of pyridine rings is 1. The summed E-state index contributed by atoms with van der Waals surface area (Å²) in [6.45, 7) is 13.2. The van der Waals surface area contributed by atoms with Crippen LogP contribution >= 0.6 is 23.4 Å². The maximum absolute atomic E-state index is 12.6. The average Bonchev–Trinajstić information content (AvgIpc) is 2.80. The monoisotopic (exact) mass is 525 g/mol. The fraction of sp³-hybridized carbons (Fsp3) is 0.536. The van der Waals surface area contributed by atoms with Gasteiger partial charge in [-0.3, -0.25) is 14.3 Å². The summed E-state index contributed by atoms with van der Waals surface area (Å²) in [6, 6.07) is 8.81. The highest BCUT2D eigenvalue weighted by atomic mass is 35.5. The molecule has 1 aliphatic heterocycles. The third kappa shape index (κ3) is 5.02. The summed E-state index contributed by atoms with van der Waals surface area (Å²) < 4.78 is 1.62. The molecule has 3 heterocycles. The zero-order valence-electron chi connectivity index (χ0n) is 21.8. The number of thioether (sulfide) groups is 1. The maximum atomic E-state index is 12.6. The SMILES string of the molecule is Cc1cc(SC2CCC3(CC2)CN(C(C)C)C3)ccc1Nc1ncc2cc(Cl)c(=O)n(C(C)C)c2n1. The van der Waals surface area contributed by atoms with Crippen LogP contribution in [0.5, 0.6) is 0 Å². The van der Waals surface area contributed by atoms with E-state index >= 15 is 0 Å². The van der Waals surface area contributed by atoms with E-state index in [1.165, 1.54) is 43.7 Å². The number of aromatic nitrogens is 3. The minimum absolute atomic E-state index is 0.0624. The lowest BCUT2D eigenvalue weighted by Gasteiger charge is -2.55. The number of aryl methyl sites for hydroxylation is 1. The molecule has 1 aromatic carbocycles. The van der Waals surface area contributed by atoms with Crippen LogP contribution in [0.4, 0.5) is 11.6 Å². The fourth-order valence-corrected chi connectivity index (χ4v) is 7.06. The molecule has 36 heavy (non-hydrogen) atoms. The number of benzene rings is 1. The van der Waals surface area contributed by atoms with Crippen LogP contribution in [-0.4, -0.2) is 43.8 Å². The van der Waals surface area contributed by atoms with Crippen molar-refractivity contribution in [3.05, 3.63) is 51.4 Å². The highest BCUT2D eigenvalue weighted by Crippen LogP contribution is 2.48. The summed E-state index contributed by atoms with van der Waals surface area (Å²) in [4.78, 5) is 25.7. The summed E-state index contributed by atoms with van der Waals surface area (Å²) in [5.41, 5.74) is 3.07. The zero-order valence-corrected chi connectivity index (χ0v) is 23.4. The molecule has 3 aromatic rings. The molecule has 5 rings (SSSR count). The van der Waals surface area contributed by atoms with Crippen LogP contribution in [0.2, 0.25) is 5.02 Å². The lowest BCUT2D eigenvalue weighted by molar-refractivity contribution is -0.0455. The van der Waals surface area contributed by atoms with Crippen molar-refractivity contribution in [3.63, 3.8) is 0 Å². The Morgan fingerprint density at radius 3 is 2.47 bits per heavy atom. The van der Waals surface area contributed by atoms with E-state index in [0.717, 1.165) is 16.6 Å². The predicted molar refractivity (Wildman–Crippen MR) is 151 cm³/mol. The van der Waals surface area contributed by atoms with Gasteiger partial charge in [0, 0.05) is 52.6 Å². The van der Waals surface area contributed by atoms with Gasteiger partial charge < -0.3 is 5.32 Å². The van der Waals surface area contributed by atoms with Crippen LogP contribution in [0.1, 0.15) is 65.0 Å². The molecule has 1 spiro atoms. The number of likely N-dealkylation sites (tertiary alicyclic amines) is 1. The number of halogens is 1. The van der Waals surface area contributed by atoms with Crippen molar-refractivity contribution in [3.8, 4) is 0 Å². The first-order valence-electron chi connectivity index (χ1n) is 13.0. The van der Waals surface area contributed by atoms with E-state index in [9.17, 15) is 4.79 Å². The first kappa shape index (κ1) is 25.6. The Hall–Kier alpha value is -2.09. The smallest absolute Gasteiger partial charge is 0.271 e. The maximum Gasteiger partial charge on any atom is 0.271 e. The highest BCUT2D eigenvalue weighted by molar-refractivity contribution is 8.00. The van der Waals surface area contributed by atoms with E-state index in [1.54, 1.807) is 16.8 Å². The van der Waals surface area contributed by atoms with Crippen LogP contribution < -0.4 is 10.9 Å². The van der Waals surface area contributed by atoms with Crippen LogP contribution in [0.15, 0.2) is 40.2 Å². The van der Waals surface area contributed by atoms with E-state index in [1.807, 2.05) is 25.6 Å². The Labute approximate surface area is 222 Å². The zero-order chi connectivity index (χ0) is 25.6. The fourth-order valence-electron chi connectivity index (χ4n) is 5.61. The third-order valence-electron chi connectivity index (χ3n) is 7.79. The predicted octanol–water partition coefficient (Wildman–Crippen LogP) is 6.82. The van der Waals surface area contributed by atoms with Gasteiger partial charge in [0.05, 0.1) is 0 Å². The average molecular weight is 526 g/mol. The van der Waals surface area contributed by atoms with Gasteiger partial charge in [-0.25, -0.2) is 4.98 Å². The van der Waals surface area contributed by atoms with E-state index in [4.69, 9.17) is 11.6 Å². The van der Waals surface area contributed by atoms with Crippen molar-refractivity contribution < 1.29 is 0 Å². The second-order valence-electron chi connectivity index (χ2n) is 11.2. The molecule has 1 saturated carbocycles. The van der Waals surface area contributed by atoms with Gasteiger partial charge in [0.15, 0.2) is 0 Å². The molecule has 0 amide bonds. The van der Waals surface area contributed by atoms with Gasteiger partial charge in [-0.2, -0.15) is 4.98 Å². The topological polar surface area (TPSA) is 63.1 Å². The Bertz CT molecular complexity index is 1320. The first-order valence-corrected chi connectivity index (χ1v) is 14.3. The van der Waals surface area contributed by atoms with Crippen molar-refractivity contribution in [1.82, 2.24) is 19.4 Å². The summed E-state index contributed by atoms with van der Waals surface area (Å²) >= 11 is 8.17. The Morgan fingerprint density at radius 2 is 1.83 bits per heavy atom. The van der Waals surface area contributed by atoms with Gasteiger partial charge in [-0.05, 0) is 95.5 Å². The van der Waals surface area contributed by atoms with Gasteiger partial charge in [0.1, 0.15) is 10.7 Å². The molecule has 8 heteroatoms. The molecule has 2 aliphatic rings. The molecule has 1 N–H and O–H groups in total. The summed E-state index contributed by atoms with van der Waals surface area (Å²) in [5.74, 6) is 0.468. The minimum Gasteiger partial charge on any atom is -0.324 e. The van der Waals surface area contributed by atoms with Gasteiger partial charge >= 0.3 is 0 Å². The van der Waals surface area contributed by atoms with Crippen LogP contribution in [0.25, 0.3) is 11.0 Å². The first-order chi connectivity index (χ1) is 17.1. The lowest BCUT2D eigenvalue weighted by Crippen LogP contribution is -2.59. The largest absolute Gasteiger partial charge is 0.324 e. The molecule has 2 fully saturated rings. The van der Waals surface area contributed by atoms with Gasteiger partial charge in [0.2, 0.25) is 5.95 Å². The summed E-state index contributed by atoms with van der Waals surface area (Å²) in [7, 11) is 0. The molecule has 0 radical (unpaired) electrons. The molecule has 1 saturated heterocycles. The van der Waals surface area contributed by atoms with Crippen LogP contribution in [-0.2, 0) is 0 Å². The number of anilines is 2. The molecule has 6 nitrogen and oxygen atoms in total. The number of rotatable bonds is 6. The third-order valence-corrected chi connectivity index (χ3v) is 9.40. The quantitative estimate of drug-likeness (QED) is 0.381. The number of nitrogens with zero attached hydrogens (tertiary/aromatic N) is 4. The normalized spacial score (nSPS) is 18.3. The molecular formula is C28H36ClN5OS. The number of hydrogen-bond donors (Lipinski definition) is 1. The molecule has 0 atom stereocenters. The van der Waals surface area contributed by atoms with Crippen molar-refractivity contribution in [2.75, 3.05) is 18.4 Å². The van der Waals surface area contributed by atoms with E-state index in [2.05, 4.69) is 59.2 Å². The Balaban J connectivity index is 1.26. The van der Waals surface area contributed by atoms with Crippen molar-refractivity contribution in [2.45, 2.75) is 82.5 Å². The van der Waals surface area contributed by atoms with Crippen LogP contribution in [0, 0.1) is 12.3 Å².